The second-order valence-electron chi connectivity index (χ2n) is 5.14. The molecule has 24 heavy (non-hydrogen) atoms. The van der Waals surface area contributed by atoms with Crippen molar-refractivity contribution in [1.29, 1.82) is 5.26 Å². The number of rotatable bonds is 4. The lowest BCUT2D eigenvalue weighted by Crippen LogP contribution is -2.18. The van der Waals surface area contributed by atoms with E-state index in [1.54, 1.807) is 36.4 Å². The number of ether oxygens (including phenoxy) is 3. The van der Waals surface area contributed by atoms with E-state index in [4.69, 9.17) is 19.5 Å². The van der Waals surface area contributed by atoms with Crippen molar-refractivity contribution in [3.8, 4) is 23.3 Å². The molecule has 2 aromatic carbocycles. The van der Waals surface area contributed by atoms with Gasteiger partial charge in [-0.1, -0.05) is 18.2 Å². The molecule has 0 saturated carbocycles. The second kappa shape index (κ2) is 6.88. The number of Topliss-reactive ketones (excluding diaryl/α,β-unsaturated/α-hetero) is 1. The zero-order valence-corrected chi connectivity index (χ0v) is 13.1. The molecular formula is C19H15NO4. The zero-order chi connectivity index (χ0) is 16.9. The van der Waals surface area contributed by atoms with Crippen molar-refractivity contribution in [2.45, 2.75) is 0 Å². The van der Waals surface area contributed by atoms with Crippen LogP contribution in [0.25, 0.3) is 6.08 Å². The van der Waals surface area contributed by atoms with E-state index in [1.165, 1.54) is 7.11 Å². The van der Waals surface area contributed by atoms with Crippen LogP contribution in [0.4, 0.5) is 0 Å². The highest BCUT2D eigenvalue weighted by Gasteiger charge is 2.22. The van der Waals surface area contributed by atoms with Gasteiger partial charge in [-0.25, -0.2) is 0 Å². The smallest absolute Gasteiger partial charge is 0.196 e. The number of benzene rings is 2. The number of ketones is 1. The number of fused-ring (bicyclic) bond motifs is 1. The molecular weight excluding hydrogens is 306 g/mol. The van der Waals surface area contributed by atoms with Gasteiger partial charge in [-0.05, 0) is 35.9 Å². The molecule has 1 aliphatic heterocycles. The van der Waals surface area contributed by atoms with Crippen LogP contribution < -0.4 is 14.2 Å². The summed E-state index contributed by atoms with van der Waals surface area (Å²) in [5.74, 6) is 1.56. The van der Waals surface area contributed by atoms with Crippen LogP contribution in [-0.2, 0) is 0 Å². The first kappa shape index (κ1) is 15.6. The first-order valence-electron chi connectivity index (χ1n) is 7.38. The van der Waals surface area contributed by atoms with Crippen molar-refractivity contribution in [3.05, 3.63) is 59.2 Å². The molecule has 0 bridgehead atoms. The summed E-state index contributed by atoms with van der Waals surface area (Å²) in [6, 6.07) is 14.4. The highest BCUT2D eigenvalue weighted by atomic mass is 16.5. The first-order chi connectivity index (χ1) is 11.7. The van der Waals surface area contributed by atoms with Gasteiger partial charge in [0.15, 0.2) is 23.9 Å². The standard InChI is InChI=1S/C19H15NO4/c1-22-18-11-13(6-7-17(18)23-9-8-20)10-14-12-24-16-5-3-2-4-15(16)19(14)21/h2-7,10-11H,9,12H2,1H3. The summed E-state index contributed by atoms with van der Waals surface area (Å²) in [5.41, 5.74) is 1.93. The largest absolute Gasteiger partial charge is 0.493 e. The Morgan fingerprint density at radius 1 is 1.25 bits per heavy atom. The maximum absolute atomic E-state index is 12.5. The third-order valence-electron chi connectivity index (χ3n) is 3.63. The van der Waals surface area contributed by atoms with E-state index < -0.39 is 0 Å². The van der Waals surface area contributed by atoms with Gasteiger partial charge < -0.3 is 14.2 Å². The Balaban J connectivity index is 1.89. The van der Waals surface area contributed by atoms with E-state index in [2.05, 4.69) is 0 Å². The molecule has 2 aromatic rings. The lowest BCUT2D eigenvalue weighted by Gasteiger charge is -2.18. The van der Waals surface area contributed by atoms with Crippen LogP contribution in [0.2, 0.25) is 0 Å². The highest BCUT2D eigenvalue weighted by Crippen LogP contribution is 2.31. The van der Waals surface area contributed by atoms with Gasteiger partial charge in [0.05, 0.1) is 12.7 Å². The molecule has 1 heterocycles. The molecule has 0 atom stereocenters. The highest BCUT2D eigenvalue weighted by molar-refractivity contribution is 6.14. The van der Waals surface area contributed by atoms with E-state index in [9.17, 15) is 4.79 Å². The van der Waals surface area contributed by atoms with E-state index >= 15 is 0 Å². The van der Waals surface area contributed by atoms with Crippen molar-refractivity contribution >= 4 is 11.9 Å². The summed E-state index contributed by atoms with van der Waals surface area (Å²) in [5, 5.41) is 8.59. The van der Waals surface area contributed by atoms with Crippen molar-refractivity contribution in [2.75, 3.05) is 20.3 Å². The lowest BCUT2D eigenvalue weighted by atomic mass is 9.98. The van der Waals surface area contributed by atoms with Crippen molar-refractivity contribution in [2.24, 2.45) is 0 Å². The summed E-state index contributed by atoms with van der Waals surface area (Å²) in [6.07, 6.45) is 1.77. The zero-order valence-electron chi connectivity index (χ0n) is 13.1. The number of hydrogen-bond acceptors (Lipinski definition) is 5. The summed E-state index contributed by atoms with van der Waals surface area (Å²) in [4.78, 5) is 12.5. The Hall–Kier alpha value is -3.26. The van der Waals surface area contributed by atoms with Crippen LogP contribution in [0.1, 0.15) is 15.9 Å². The normalized spacial score (nSPS) is 14.5. The summed E-state index contributed by atoms with van der Waals surface area (Å²) in [7, 11) is 1.52. The topological polar surface area (TPSA) is 68.6 Å². The number of carbonyl (C=O) groups excluding carboxylic acids is 1. The van der Waals surface area contributed by atoms with Gasteiger partial charge in [-0.15, -0.1) is 0 Å². The van der Waals surface area contributed by atoms with Crippen LogP contribution in [-0.4, -0.2) is 26.1 Å². The minimum atomic E-state index is -0.0556. The van der Waals surface area contributed by atoms with Crippen molar-refractivity contribution < 1.29 is 19.0 Å². The van der Waals surface area contributed by atoms with Gasteiger partial charge in [0.25, 0.3) is 0 Å². The van der Waals surface area contributed by atoms with Crippen LogP contribution >= 0.6 is 0 Å². The van der Waals surface area contributed by atoms with Crippen LogP contribution in [0, 0.1) is 11.3 Å². The number of methoxy groups -OCH3 is 1. The Morgan fingerprint density at radius 3 is 2.88 bits per heavy atom. The third-order valence-corrected chi connectivity index (χ3v) is 3.63. The molecule has 0 aromatic heterocycles. The molecule has 0 saturated heterocycles. The number of hydrogen-bond donors (Lipinski definition) is 0. The summed E-state index contributed by atoms with van der Waals surface area (Å²) >= 11 is 0. The van der Waals surface area contributed by atoms with Gasteiger partial charge >= 0.3 is 0 Å². The molecule has 0 aliphatic carbocycles. The molecule has 3 rings (SSSR count). The fourth-order valence-electron chi connectivity index (χ4n) is 2.49. The molecule has 0 N–H and O–H groups in total. The predicted octanol–water partition coefficient (Wildman–Crippen LogP) is 3.26. The number of nitriles is 1. The first-order valence-corrected chi connectivity index (χ1v) is 7.38. The molecule has 1 aliphatic rings. The van der Waals surface area contributed by atoms with Gasteiger partial charge in [-0.2, -0.15) is 5.26 Å². The average molecular weight is 321 g/mol. The Labute approximate surface area is 139 Å². The summed E-state index contributed by atoms with van der Waals surface area (Å²) in [6.45, 7) is 0.171. The maximum Gasteiger partial charge on any atom is 0.196 e. The number of nitrogens with zero attached hydrogens (tertiary/aromatic N) is 1. The van der Waals surface area contributed by atoms with Gasteiger partial charge in [-0.3, -0.25) is 4.79 Å². The van der Waals surface area contributed by atoms with Gasteiger partial charge in [0.2, 0.25) is 0 Å². The van der Waals surface area contributed by atoms with Crippen molar-refractivity contribution in [3.63, 3.8) is 0 Å². The second-order valence-corrected chi connectivity index (χ2v) is 5.14. The number of para-hydroxylation sites is 1. The molecule has 0 amide bonds. The third kappa shape index (κ3) is 3.08. The van der Waals surface area contributed by atoms with E-state index in [0.717, 1.165) is 5.56 Å². The minimum absolute atomic E-state index is 0.0411. The minimum Gasteiger partial charge on any atom is -0.493 e. The Morgan fingerprint density at radius 2 is 2.08 bits per heavy atom. The molecule has 0 spiro atoms. The molecule has 0 fully saturated rings. The molecule has 0 unspecified atom stereocenters. The average Bonchev–Trinajstić information content (AvgIpc) is 2.63. The summed E-state index contributed by atoms with van der Waals surface area (Å²) < 4.78 is 16.2. The van der Waals surface area contributed by atoms with Crippen molar-refractivity contribution in [1.82, 2.24) is 0 Å². The van der Waals surface area contributed by atoms with Crippen LogP contribution in [0.15, 0.2) is 48.0 Å². The number of carbonyl (C=O) groups is 1. The Bertz CT molecular complexity index is 849. The molecule has 5 heteroatoms. The monoisotopic (exact) mass is 321 g/mol. The van der Waals surface area contributed by atoms with Crippen LogP contribution in [0.5, 0.6) is 17.2 Å². The predicted molar refractivity (Wildman–Crippen MR) is 88.3 cm³/mol. The van der Waals surface area contributed by atoms with Gasteiger partial charge in [0.1, 0.15) is 18.4 Å². The van der Waals surface area contributed by atoms with Gasteiger partial charge in [0, 0.05) is 5.57 Å². The quantitative estimate of drug-likeness (QED) is 0.809. The molecule has 5 nitrogen and oxygen atoms in total. The fourth-order valence-corrected chi connectivity index (χ4v) is 2.49. The fraction of sp³-hybridized carbons (Fsp3) is 0.158. The lowest BCUT2D eigenvalue weighted by molar-refractivity contribution is 0.100. The van der Waals surface area contributed by atoms with E-state index in [1.807, 2.05) is 18.2 Å². The van der Waals surface area contributed by atoms with Crippen LogP contribution in [0.3, 0.4) is 0 Å². The van der Waals surface area contributed by atoms with E-state index in [0.29, 0.717) is 28.4 Å². The maximum atomic E-state index is 12.5. The Kier molecular flexibility index (Phi) is 4.48. The molecule has 120 valence electrons. The molecule has 0 radical (unpaired) electrons. The SMILES string of the molecule is COc1cc(C=C2COc3ccccc3C2=O)ccc1OCC#N. The van der Waals surface area contributed by atoms with E-state index in [-0.39, 0.29) is 19.0 Å².